The third-order valence-corrected chi connectivity index (χ3v) is 3.56. The number of carbonyl (C=O) groups excluding carboxylic acids is 1. The van der Waals surface area contributed by atoms with E-state index < -0.39 is 0 Å². The highest BCUT2D eigenvalue weighted by atomic mass is 16.5. The average molecular weight is 328 g/mol. The van der Waals surface area contributed by atoms with Crippen LogP contribution in [0.1, 0.15) is 30.6 Å². The molecule has 0 spiro atoms. The van der Waals surface area contributed by atoms with Gasteiger partial charge in [0.1, 0.15) is 11.5 Å². The first-order valence-electron chi connectivity index (χ1n) is 7.98. The topological polar surface area (TPSA) is 73.6 Å². The highest BCUT2D eigenvalue weighted by Crippen LogP contribution is 2.28. The summed E-state index contributed by atoms with van der Waals surface area (Å²) < 4.78 is 11.0. The molecule has 0 bridgehead atoms. The number of nitrogen functional groups attached to an aromatic ring is 1. The van der Waals surface area contributed by atoms with Crippen molar-refractivity contribution in [2.75, 3.05) is 24.8 Å². The van der Waals surface area contributed by atoms with Crippen LogP contribution in [0.25, 0.3) is 0 Å². The molecule has 0 unspecified atom stereocenters. The van der Waals surface area contributed by atoms with Gasteiger partial charge in [0, 0.05) is 5.69 Å². The Labute approximate surface area is 142 Å². The quantitative estimate of drug-likeness (QED) is 0.755. The summed E-state index contributed by atoms with van der Waals surface area (Å²) >= 11 is 0. The van der Waals surface area contributed by atoms with Crippen molar-refractivity contribution in [2.45, 2.75) is 20.3 Å². The molecule has 2 aromatic carbocycles. The Morgan fingerprint density at radius 1 is 1.17 bits per heavy atom. The molecule has 24 heavy (non-hydrogen) atoms. The van der Waals surface area contributed by atoms with E-state index >= 15 is 0 Å². The summed E-state index contributed by atoms with van der Waals surface area (Å²) in [6, 6.07) is 12.3. The monoisotopic (exact) mass is 328 g/mol. The molecule has 2 aromatic rings. The number of carbonyl (C=O) groups is 1. The maximum atomic E-state index is 12.6. The lowest BCUT2D eigenvalue weighted by Gasteiger charge is -2.14. The molecule has 0 heterocycles. The molecule has 0 aromatic heterocycles. The Kier molecular flexibility index (Phi) is 6.07. The van der Waals surface area contributed by atoms with Gasteiger partial charge in [0.15, 0.2) is 0 Å². The normalized spacial score (nSPS) is 10.5. The van der Waals surface area contributed by atoms with Crippen molar-refractivity contribution in [1.82, 2.24) is 0 Å². The van der Waals surface area contributed by atoms with Crippen LogP contribution in [0.4, 0.5) is 11.4 Å². The van der Waals surface area contributed by atoms with Crippen molar-refractivity contribution in [3.63, 3.8) is 0 Å². The van der Waals surface area contributed by atoms with E-state index in [1.807, 2.05) is 6.07 Å². The van der Waals surface area contributed by atoms with Gasteiger partial charge in [0.2, 0.25) is 0 Å². The average Bonchev–Trinajstić information content (AvgIpc) is 2.55. The van der Waals surface area contributed by atoms with Crippen LogP contribution in [0, 0.1) is 5.92 Å². The predicted molar refractivity (Wildman–Crippen MR) is 96.8 cm³/mol. The van der Waals surface area contributed by atoms with Gasteiger partial charge in [0.05, 0.1) is 25.0 Å². The molecule has 0 fully saturated rings. The number of hydrogen-bond acceptors (Lipinski definition) is 4. The molecular formula is C19H24N2O3. The number of benzene rings is 2. The number of ether oxygens (including phenoxy) is 2. The summed E-state index contributed by atoms with van der Waals surface area (Å²) in [4.78, 5) is 12.6. The largest absolute Gasteiger partial charge is 0.495 e. The molecule has 3 N–H and O–H groups in total. The Balaban J connectivity index is 2.17. The lowest BCUT2D eigenvalue weighted by molar-refractivity contribution is 0.102. The van der Waals surface area contributed by atoms with Crippen LogP contribution in [0.5, 0.6) is 11.5 Å². The highest BCUT2D eigenvalue weighted by Gasteiger charge is 2.14. The number of amides is 1. The van der Waals surface area contributed by atoms with E-state index in [0.29, 0.717) is 41.0 Å². The van der Waals surface area contributed by atoms with Crippen LogP contribution in [-0.4, -0.2) is 19.6 Å². The summed E-state index contributed by atoms with van der Waals surface area (Å²) in [5.41, 5.74) is 7.34. The summed E-state index contributed by atoms with van der Waals surface area (Å²) in [6.07, 6.45) is 0.930. The van der Waals surface area contributed by atoms with Gasteiger partial charge < -0.3 is 20.5 Å². The summed E-state index contributed by atoms with van der Waals surface area (Å²) in [5.74, 6) is 1.40. The highest BCUT2D eigenvalue weighted by molar-refractivity contribution is 6.07. The fourth-order valence-corrected chi connectivity index (χ4v) is 2.20. The Hall–Kier alpha value is -2.69. The maximum absolute atomic E-state index is 12.6. The number of methoxy groups -OCH3 is 1. The number of para-hydroxylation sites is 1. The number of nitrogens with two attached hydrogens (primary N) is 1. The van der Waals surface area contributed by atoms with Crippen LogP contribution in [0.3, 0.4) is 0 Å². The van der Waals surface area contributed by atoms with Gasteiger partial charge in [0.25, 0.3) is 5.91 Å². The standard InChI is InChI=1S/C19H24N2O3/c1-13(2)10-11-24-17-7-5-4-6-15(17)19(22)21-16-12-14(20)8-9-18(16)23-3/h4-9,12-13H,10-11,20H2,1-3H3,(H,21,22). The van der Waals surface area contributed by atoms with Gasteiger partial charge in [-0.3, -0.25) is 4.79 Å². The van der Waals surface area contributed by atoms with Crippen molar-refractivity contribution in [3.8, 4) is 11.5 Å². The first kappa shape index (κ1) is 17.7. The molecule has 0 saturated heterocycles. The van der Waals surface area contributed by atoms with E-state index in [-0.39, 0.29) is 5.91 Å². The molecule has 5 heteroatoms. The summed E-state index contributed by atoms with van der Waals surface area (Å²) in [6.45, 7) is 4.84. The van der Waals surface area contributed by atoms with Crippen LogP contribution in [-0.2, 0) is 0 Å². The van der Waals surface area contributed by atoms with Crippen LogP contribution >= 0.6 is 0 Å². The van der Waals surface area contributed by atoms with Crippen molar-refractivity contribution in [1.29, 1.82) is 0 Å². The number of anilines is 2. The second-order valence-corrected chi connectivity index (χ2v) is 5.94. The van der Waals surface area contributed by atoms with E-state index in [0.717, 1.165) is 6.42 Å². The van der Waals surface area contributed by atoms with Crippen molar-refractivity contribution < 1.29 is 14.3 Å². The zero-order chi connectivity index (χ0) is 17.5. The van der Waals surface area contributed by atoms with E-state index in [1.165, 1.54) is 0 Å². The van der Waals surface area contributed by atoms with Gasteiger partial charge in [-0.05, 0) is 42.7 Å². The fourth-order valence-electron chi connectivity index (χ4n) is 2.20. The second kappa shape index (κ2) is 8.24. The third-order valence-electron chi connectivity index (χ3n) is 3.56. The minimum Gasteiger partial charge on any atom is -0.495 e. The molecule has 5 nitrogen and oxygen atoms in total. The second-order valence-electron chi connectivity index (χ2n) is 5.94. The number of nitrogens with one attached hydrogen (secondary N) is 1. The lowest BCUT2D eigenvalue weighted by Crippen LogP contribution is -2.15. The summed E-state index contributed by atoms with van der Waals surface area (Å²) in [5, 5.41) is 2.83. The minimum absolute atomic E-state index is 0.265. The van der Waals surface area contributed by atoms with Gasteiger partial charge in [-0.25, -0.2) is 0 Å². The minimum atomic E-state index is -0.265. The maximum Gasteiger partial charge on any atom is 0.259 e. The molecule has 0 saturated carbocycles. The van der Waals surface area contributed by atoms with Crippen molar-refractivity contribution >= 4 is 17.3 Å². The van der Waals surface area contributed by atoms with Crippen molar-refractivity contribution in [2.24, 2.45) is 5.92 Å². The van der Waals surface area contributed by atoms with Crippen molar-refractivity contribution in [3.05, 3.63) is 48.0 Å². The van der Waals surface area contributed by atoms with E-state index in [9.17, 15) is 4.79 Å². The van der Waals surface area contributed by atoms with Crippen LogP contribution in [0.2, 0.25) is 0 Å². The van der Waals surface area contributed by atoms with E-state index in [2.05, 4.69) is 19.2 Å². The molecule has 1 amide bonds. The smallest absolute Gasteiger partial charge is 0.259 e. The molecule has 128 valence electrons. The summed E-state index contributed by atoms with van der Waals surface area (Å²) in [7, 11) is 1.55. The Morgan fingerprint density at radius 2 is 1.92 bits per heavy atom. The Morgan fingerprint density at radius 3 is 2.62 bits per heavy atom. The first-order valence-corrected chi connectivity index (χ1v) is 7.98. The Bertz CT molecular complexity index is 699. The first-order chi connectivity index (χ1) is 11.5. The lowest BCUT2D eigenvalue weighted by atomic mass is 10.1. The fraction of sp³-hybridized carbons (Fsp3) is 0.316. The molecule has 0 aliphatic rings. The van der Waals surface area contributed by atoms with Gasteiger partial charge in [-0.15, -0.1) is 0 Å². The predicted octanol–water partition coefficient (Wildman–Crippen LogP) is 3.95. The zero-order valence-electron chi connectivity index (χ0n) is 14.3. The molecule has 0 radical (unpaired) electrons. The molecule has 2 rings (SSSR count). The zero-order valence-corrected chi connectivity index (χ0v) is 14.3. The van der Waals surface area contributed by atoms with Gasteiger partial charge >= 0.3 is 0 Å². The van der Waals surface area contributed by atoms with Crippen LogP contribution < -0.4 is 20.5 Å². The third kappa shape index (κ3) is 4.65. The molecule has 0 atom stereocenters. The molecule has 0 aliphatic carbocycles. The van der Waals surface area contributed by atoms with E-state index in [1.54, 1.807) is 43.5 Å². The SMILES string of the molecule is COc1ccc(N)cc1NC(=O)c1ccccc1OCCC(C)C. The molecule has 0 aliphatic heterocycles. The van der Waals surface area contributed by atoms with E-state index in [4.69, 9.17) is 15.2 Å². The number of hydrogen-bond donors (Lipinski definition) is 2. The van der Waals surface area contributed by atoms with Gasteiger partial charge in [-0.2, -0.15) is 0 Å². The molecular weight excluding hydrogens is 304 g/mol. The van der Waals surface area contributed by atoms with Crippen LogP contribution in [0.15, 0.2) is 42.5 Å². The van der Waals surface area contributed by atoms with Gasteiger partial charge in [-0.1, -0.05) is 26.0 Å². The number of rotatable bonds is 7.